The average Bonchev–Trinajstić information content (AvgIpc) is 2.34. The van der Waals surface area contributed by atoms with Gasteiger partial charge in [-0.2, -0.15) is 13.2 Å². The minimum atomic E-state index is -4.72. The van der Waals surface area contributed by atoms with E-state index >= 15 is 0 Å². The Balaban J connectivity index is 3.46. The Kier molecular flexibility index (Phi) is 5.25. The van der Waals surface area contributed by atoms with Crippen LogP contribution in [0.15, 0.2) is 23.1 Å². The van der Waals surface area contributed by atoms with Crippen molar-refractivity contribution in [3.05, 3.63) is 29.3 Å². The molecular formula is C14H13F3O4S. The zero-order chi connectivity index (χ0) is 17.1. The summed E-state index contributed by atoms with van der Waals surface area (Å²) in [6.45, 7) is 2.83. The molecule has 0 heterocycles. The standard InChI is InChI=1S/C14H13F3O4S/c1-9(2)22(20,21)12-6-10(3-4-14(15,16)17)5-11(7-12)8-13(18)19/h5-7,9H,8H2,1-2H3,(H,18,19). The fourth-order valence-electron chi connectivity index (χ4n) is 1.59. The van der Waals surface area contributed by atoms with Crippen LogP contribution in [0, 0.1) is 11.8 Å². The number of rotatable bonds is 4. The van der Waals surface area contributed by atoms with E-state index in [1.54, 1.807) is 0 Å². The summed E-state index contributed by atoms with van der Waals surface area (Å²) in [6, 6.07) is 3.29. The molecule has 0 aliphatic heterocycles. The molecule has 0 aliphatic carbocycles. The third-order valence-corrected chi connectivity index (χ3v) is 4.75. The molecule has 0 bridgehead atoms. The van der Waals surface area contributed by atoms with Crippen LogP contribution in [0.1, 0.15) is 25.0 Å². The largest absolute Gasteiger partial charge is 0.481 e. The van der Waals surface area contributed by atoms with Gasteiger partial charge in [-0.25, -0.2) is 8.42 Å². The molecule has 4 nitrogen and oxygen atoms in total. The monoisotopic (exact) mass is 334 g/mol. The van der Waals surface area contributed by atoms with Crippen LogP contribution in [0.25, 0.3) is 0 Å². The van der Waals surface area contributed by atoms with Crippen molar-refractivity contribution < 1.29 is 31.5 Å². The quantitative estimate of drug-likeness (QED) is 0.859. The van der Waals surface area contributed by atoms with Crippen molar-refractivity contribution in [2.24, 2.45) is 0 Å². The van der Waals surface area contributed by atoms with Crippen molar-refractivity contribution in [3.8, 4) is 11.8 Å². The lowest BCUT2D eigenvalue weighted by Crippen LogP contribution is -2.15. The van der Waals surface area contributed by atoms with Gasteiger partial charge in [-0.05, 0) is 37.6 Å². The molecular weight excluding hydrogens is 321 g/mol. The van der Waals surface area contributed by atoms with Gasteiger partial charge in [0.15, 0.2) is 9.84 Å². The van der Waals surface area contributed by atoms with Gasteiger partial charge in [0.25, 0.3) is 0 Å². The van der Waals surface area contributed by atoms with Gasteiger partial charge in [-0.3, -0.25) is 4.79 Å². The topological polar surface area (TPSA) is 71.4 Å². The molecule has 0 saturated heterocycles. The molecule has 0 unspecified atom stereocenters. The van der Waals surface area contributed by atoms with E-state index in [0.717, 1.165) is 24.1 Å². The summed E-state index contributed by atoms with van der Waals surface area (Å²) < 4.78 is 60.6. The molecule has 0 saturated carbocycles. The minimum absolute atomic E-state index is 0.0701. The Morgan fingerprint density at radius 2 is 1.86 bits per heavy atom. The van der Waals surface area contributed by atoms with Crippen LogP contribution < -0.4 is 0 Å². The van der Waals surface area contributed by atoms with E-state index in [-0.39, 0.29) is 16.0 Å². The van der Waals surface area contributed by atoms with Crippen LogP contribution in [-0.2, 0) is 21.1 Å². The fourth-order valence-corrected chi connectivity index (χ4v) is 2.74. The van der Waals surface area contributed by atoms with Crippen LogP contribution in [0.3, 0.4) is 0 Å². The molecule has 0 atom stereocenters. The molecule has 0 aromatic heterocycles. The molecule has 1 N–H and O–H groups in total. The SMILES string of the molecule is CC(C)S(=O)(=O)c1cc(C#CC(F)(F)F)cc(CC(=O)O)c1. The summed E-state index contributed by atoms with van der Waals surface area (Å²) >= 11 is 0. The van der Waals surface area contributed by atoms with Gasteiger partial charge in [0.1, 0.15) is 0 Å². The number of benzene rings is 1. The molecule has 8 heteroatoms. The van der Waals surface area contributed by atoms with E-state index in [4.69, 9.17) is 5.11 Å². The van der Waals surface area contributed by atoms with Crippen molar-refractivity contribution in [2.75, 3.05) is 0 Å². The second kappa shape index (κ2) is 6.40. The van der Waals surface area contributed by atoms with Gasteiger partial charge in [0.2, 0.25) is 0 Å². The maximum absolute atomic E-state index is 12.1. The normalized spacial score (nSPS) is 11.9. The first-order valence-corrected chi connectivity index (χ1v) is 7.66. The number of hydrogen-bond donors (Lipinski definition) is 1. The summed E-state index contributed by atoms with van der Waals surface area (Å²) in [7, 11) is -3.75. The first-order chi connectivity index (χ1) is 9.91. The van der Waals surface area contributed by atoms with Crippen LogP contribution in [0.4, 0.5) is 13.2 Å². The van der Waals surface area contributed by atoms with E-state index < -0.39 is 33.7 Å². The van der Waals surface area contributed by atoms with Crippen molar-refractivity contribution in [1.29, 1.82) is 0 Å². The Hall–Kier alpha value is -2.01. The second-order valence-corrected chi connectivity index (χ2v) is 7.28. The fraction of sp³-hybridized carbons (Fsp3) is 0.357. The number of aliphatic carboxylic acids is 1. The highest BCUT2D eigenvalue weighted by Gasteiger charge is 2.24. The third kappa shape index (κ3) is 5.07. The molecule has 1 aromatic rings. The summed E-state index contributed by atoms with van der Waals surface area (Å²) in [5.41, 5.74) is -0.129. The summed E-state index contributed by atoms with van der Waals surface area (Å²) in [6.07, 6.45) is -5.23. The molecule has 0 fully saturated rings. The maximum Gasteiger partial charge on any atom is 0.458 e. The molecule has 0 spiro atoms. The number of alkyl halides is 3. The van der Waals surface area contributed by atoms with Crippen LogP contribution >= 0.6 is 0 Å². The molecule has 0 aliphatic rings. The number of carboxylic acids is 1. The molecule has 1 aromatic carbocycles. The van der Waals surface area contributed by atoms with E-state index in [0.29, 0.717) is 0 Å². The number of halogens is 3. The lowest BCUT2D eigenvalue weighted by atomic mass is 10.1. The van der Waals surface area contributed by atoms with Crippen LogP contribution in [0.2, 0.25) is 0 Å². The van der Waals surface area contributed by atoms with Gasteiger partial charge in [0, 0.05) is 11.5 Å². The van der Waals surface area contributed by atoms with E-state index in [2.05, 4.69) is 0 Å². The van der Waals surface area contributed by atoms with Crippen molar-refractivity contribution in [2.45, 2.75) is 36.6 Å². The zero-order valence-electron chi connectivity index (χ0n) is 11.7. The van der Waals surface area contributed by atoms with Gasteiger partial charge < -0.3 is 5.11 Å². The summed E-state index contributed by atoms with van der Waals surface area (Å²) in [5.74, 6) is 1.62. The second-order valence-electron chi connectivity index (χ2n) is 4.78. The number of carbonyl (C=O) groups is 1. The Morgan fingerprint density at radius 3 is 2.32 bits per heavy atom. The highest BCUT2D eigenvalue weighted by Crippen LogP contribution is 2.21. The Bertz CT molecular complexity index is 738. The lowest BCUT2D eigenvalue weighted by molar-refractivity contribution is -0.136. The van der Waals surface area contributed by atoms with E-state index in [1.807, 2.05) is 5.92 Å². The molecule has 0 radical (unpaired) electrons. The van der Waals surface area contributed by atoms with Crippen molar-refractivity contribution in [3.63, 3.8) is 0 Å². The van der Waals surface area contributed by atoms with Gasteiger partial charge in [-0.1, -0.05) is 5.92 Å². The average molecular weight is 334 g/mol. The van der Waals surface area contributed by atoms with Crippen molar-refractivity contribution >= 4 is 15.8 Å². The molecule has 1 rings (SSSR count). The summed E-state index contributed by atoms with van der Waals surface area (Å²) in [5, 5.41) is 7.96. The van der Waals surface area contributed by atoms with Gasteiger partial charge >= 0.3 is 12.1 Å². The molecule has 120 valence electrons. The minimum Gasteiger partial charge on any atom is -0.481 e. The first-order valence-electron chi connectivity index (χ1n) is 6.11. The van der Waals surface area contributed by atoms with Crippen LogP contribution in [0.5, 0.6) is 0 Å². The predicted molar refractivity (Wildman–Crippen MR) is 73.0 cm³/mol. The van der Waals surface area contributed by atoms with Gasteiger partial charge in [0.05, 0.1) is 16.6 Å². The van der Waals surface area contributed by atoms with Crippen LogP contribution in [-0.4, -0.2) is 30.9 Å². The maximum atomic E-state index is 12.1. The smallest absolute Gasteiger partial charge is 0.458 e. The van der Waals surface area contributed by atoms with Crippen molar-refractivity contribution in [1.82, 2.24) is 0 Å². The Labute approximate surface area is 125 Å². The number of hydrogen-bond acceptors (Lipinski definition) is 3. The highest BCUT2D eigenvalue weighted by molar-refractivity contribution is 7.92. The first kappa shape index (κ1) is 18.0. The highest BCUT2D eigenvalue weighted by atomic mass is 32.2. The van der Waals surface area contributed by atoms with E-state index in [9.17, 15) is 26.4 Å². The van der Waals surface area contributed by atoms with E-state index in [1.165, 1.54) is 13.8 Å². The number of carboxylic acid groups (broad SMARTS) is 1. The number of sulfone groups is 1. The zero-order valence-corrected chi connectivity index (χ0v) is 12.5. The predicted octanol–water partition coefficient (Wildman–Crippen LogP) is 2.41. The lowest BCUT2D eigenvalue weighted by Gasteiger charge is -2.10. The Morgan fingerprint density at radius 1 is 1.27 bits per heavy atom. The molecule has 0 amide bonds. The summed E-state index contributed by atoms with van der Waals surface area (Å²) in [4.78, 5) is 10.5. The molecule has 22 heavy (non-hydrogen) atoms. The van der Waals surface area contributed by atoms with Gasteiger partial charge in [-0.15, -0.1) is 0 Å². The third-order valence-electron chi connectivity index (χ3n) is 2.62.